The summed E-state index contributed by atoms with van der Waals surface area (Å²) >= 11 is 0. The number of ether oxygens (including phenoxy) is 1. The molecule has 1 N–H and O–H groups in total. The van der Waals surface area contributed by atoms with Gasteiger partial charge in [-0.3, -0.25) is 4.90 Å². The minimum atomic E-state index is -0.253. The summed E-state index contributed by atoms with van der Waals surface area (Å²) in [5, 5.41) is 9.62. The van der Waals surface area contributed by atoms with Crippen molar-refractivity contribution >= 4 is 0 Å². The van der Waals surface area contributed by atoms with Gasteiger partial charge in [0.25, 0.3) is 0 Å². The van der Waals surface area contributed by atoms with E-state index in [0.29, 0.717) is 12.2 Å². The smallest absolute Gasteiger partial charge is 0.107 e. The Kier molecular flexibility index (Phi) is 2.35. The molecule has 2 fully saturated rings. The Bertz CT molecular complexity index is 151. The molecule has 12 heavy (non-hydrogen) atoms. The summed E-state index contributed by atoms with van der Waals surface area (Å²) in [6.45, 7) is 3.86. The van der Waals surface area contributed by atoms with Crippen molar-refractivity contribution < 1.29 is 9.84 Å². The van der Waals surface area contributed by atoms with Crippen molar-refractivity contribution in [3.8, 4) is 0 Å². The van der Waals surface area contributed by atoms with Gasteiger partial charge in [-0.1, -0.05) is 6.92 Å². The summed E-state index contributed by atoms with van der Waals surface area (Å²) in [5.41, 5.74) is 0. The Hall–Kier alpha value is -0.120. The number of likely N-dealkylation sites (tertiary alicyclic amines) is 1. The van der Waals surface area contributed by atoms with Crippen LogP contribution in [0.5, 0.6) is 0 Å². The zero-order chi connectivity index (χ0) is 8.55. The summed E-state index contributed by atoms with van der Waals surface area (Å²) in [5.74, 6) is 0. The summed E-state index contributed by atoms with van der Waals surface area (Å²) in [6, 6.07) is 0. The first kappa shape index (κ1) is 8.48. The quantitative estimate of drug-likeness (QED) is 0.659. The molecule has 2 saturated heterocycles. The molecule has 2 bridgehead atoms. The number of morpholine rings is 1. The van der Waals surface area contributed by atoms with Gasteiger partial charge in [0, 0.05) is 13.1 Å². The van der Waals surface area contributed by atoms with Crippen LogP contribution in [0.4, 0.5) is 0 Å². The summed E-state index contributed by atoms with van der Waals surface area (Å²) in [7, 11) is 0. The Morgan fingerprint density at radius 1 is 1.42 bits per heavy atom. The highest BCUT2D eigenvalue weighted by Crippen LogP contribution is 2.27. The molecule has 3 unspecified atom stereocenters. The average Bonchev–Trinajstić information content (AvgIpc) is 2.44. The first-order chi connectivity index (χ1) is 5.79. The van der Waals surface area contributed by atoms with Gasteiger partial charge in [0.2, 0.25) is 0 Å². The van der Waals surface area contributed by atoms with Crippen molar-refractivity contribution in [1.82, 2.24) is 4.90 Å². The minimum absolute atomic E-state index is 0.253. The van der Waals surface area contributed by atoms with Gasteiger partial charge in [0.05, 0.1) is 12.2 Å². The lowest BCUT2D eigenvalue weighted by atomic mass is 10.2. The lowest BCUT2D eigenvalue weighted by molar-refractivity contribution is -0.101. The molecule has 0 saturated carbocycles. The summed E-state index contributed by atoms with van der Waals surface area (Å²) in [4.78, 5) is 2.14. The third-order valence-electron chi connectivity index (χ3n) is 2.86. The van der Waals surface area contributed by atoms with Crippen molar-refractivity contribution in [2.24, 2.45) is 0 Å². The molecule has 0 aromatic carbocycles. The van der Waals surface area contributed by atoms with Crippen LogP contribution in [-0.2, 0) is 4.74 Å². The van der Waals surface area contributed by atoms with Crippen LogP contribution in [0, 0.1) is 0 Å². The Morgan fingerprint density at radius 2 is 2.00 bits per heavy atom. The van der Waals surface area contributed by atoms with E-state index in [0.717, 1.165) is 19.5 Å². The Morgan fingerprint density at radius 3 is 2.50 bits per heavy atom. The predicted octanol–water partition coefficient (Wildman–Crippen LogP) is 0.578. The zero-order valence-electron chi connectivity index (χ0n) is 7.57. The molecule has 0 amide bonds. The molecular weight excluding hydrogens is 154 g/mol. The normalized spacial score (nSPS) is 38.5. The van der Waals surface area contributed by atoms with Crippen molar-refractivity contribution in [3.63, 3.8) is 0 Å². The van der Waals surface area contributed by atoms with Gasteiger partial charge in [0.15, 0.2) is 0 Å². The van der Waals surface area contributed by atoms with Crippen molar-refractivity contribution in [2.45, 2.75) is 44.6 Å². The monoisotopic (exact) mass is 171 g/mol. The highest BCUT2D eigenvalue weighted by atomic mass is 16.5. The van der Waals surface area contributed by atoms with E-state index in [9.17, 15) is 5.11 Å². The van der Waals surface area contributed by atoms with Gasteiger partial charge < -0.3 is 9.84 Å². The van der Waals surface area contributed by atoms with E-state index in [4.69, 9.17) is 4.74 Å². The fourth-order valence-electron chi connectivity index (χ4n) is 2.15. The largest absolute Gasteiger partial charge is 0.378 e. The molecule has 70 valence electrons. The van der Waals surface area contributed by atoms with Gasteiger partial charge in [-0.05, 0) is 19.3 Å². The molecule has 0 spiro atoms. The molecule has 2 rings (SSSR count). The summed E-state index contributed by atoms with van der Waals surface area (Å²) < 4.78 is 5.67. The van der Waals surface area contributed by atoms with Gasteiger partial charge in [0.1, 0.15) is 6.23 Å². The van der Waals surface area contributed by atoms with E-state index in [2.05, 4.69) is 4.90 Å². The lowest BCUT2D eigenvalue weighted by Gasteiger charge is -2.34. The number of hydrogen-bond donors (Lipinski definition) is 1. The topological polar surface area (TPSA) is 32.7 Å². The molecule has 2 aliphatic heterocycles. The third-order valence-corrected chi connectivity index (χ3v) is 2.86. The average molecular weight is 171 g/mol. The van der Waals surface area contributed by atoms with Gasteiger partial charge in [-0.25, -0.2) is 0 Å². The number of hydrogen-bond acceptors (Lipinski definition) is 3. The molecular formula is C9H17NO2. The molecule has 3 heteroatoms. The van der Waals surface area contributed by atoms with E-state index in [1.165, 1.54) is 12.8 Å². The molecule has 0 aromatic rings. The molecule has 3 nitrogen and oxygen atoms in total. The number of rotatable bonds is 2. The fraction of sp³-hybridized carbons (Fsp3) is 1.00. The molecule has 2 aliphatic rings. The van der Waals surface area contributed by atoms with Crippen LogP contribution >= 0.6 is 0 Å². The number of fused-ring (bicyclic) bond motifs is 2. The zero-order valence-corrected chi connectivity index (χ0v) is 7.57. The van der Waals surface area contributed by atoms with Gasteiger partial charge in [-0.2, -0.15) is 0 Å². The van der Waals surface area contributed by atoms with Crippen LogP contribution in [0.15, 0.2) is 0 Å². The minimum Gasteiger partial charge on any atom is -0.378 e. The van der Waals surface area contributed by atoms with Gasteiger partial charge in [-0.15, -0.1) is 0 Å². The fourth-order valence-corrected chi connectivity index (χ4v) is 2.15. The molecule has 0 radical (unpaired) electrons. The second-order valence-electron chi connectivity index (χ2n) is 3.80. The van der Waals surface area contributed by atoms with Crippen LogP contribution < -0.4 is 0 Å². The maximum Gasteiger partial charge on any atom is 0.107 e. The van der Waals surface area contributed by atoms with Crippen LogP contribution in [0.2, 0.25) is 0 Å². The van der Waals surface area contributed by atoms with E-state index in [1.807, 2.05) is 6.92 Å². The standard InChI is InChI=1S/C9H17NO2/c1-2-9(11)10-5-7-3-4-8(6-10)12-7/h7-9,11H,2-6H2,1H3. The van der Waals surface area contributed by atoms with Gasteiger partial charge >= 0.3 is 0 Å². The first-order valence-corrected chi connectivity index (χ1v) is 4.87. The van der Waals surface area contributed by atoms with Crippen LogP contribution in [-0.4, -0.2) is 41.5 Å². The second-order valence-corrected chi connectivity index (χ2v) is 3.80. The number of aliphatic hydroxyl groups is 1. The predicted molar refractivity (Wildman–Crippen MR) is 45.8 cm³/mol. The maximum atomic E-state index is 9.62. The van der Waals surface area contributed by atoms with Crippen molar-refractivity contribution in [1.29, 1.82) is 0 Å². The highest BCUT2D eigenvalue weighted by Gasteiger charge is 2.35. The lowest BCUT2D eigenvalue weighted by Crippen LogP contribution is -2.47. The van der Waals surface area contributed by atoms with Crippen LogP contribution in [0.25, 0.3) is 0 Å². The Labute approximate surface area is 73.3 Å². The molecule has 2 heterocycles. The summed E-state index contributed by atoms with van der Waals surface area (Å²) in [6.07, 6.45) is 3.71. The third kappa shape index (κ3) is 1.49. The maximum absolute atomic E-state index is 9.62. The first-order valence-electron chi connectivity index (χ1n) is 4.87. The van der Waals surface area contributed by atoms with Crippen LogP contribution in [0.1, 0.15) is 26.2 Å². The SMILES string of the molecule is CCC(O)N1CC2CCC(C1)O2. The number of nitrogens with zero attached hydrogens (tertiary/aromatic N) is 1. The Balaban J connectivity index is 1.93. The molecule has 0 aromatic heterocycles. The molecule has 3 atom stereocenters. The number of aliphatic hydroxyl groups excluding tert-OH is 1. The molecule has 0 aliphatic carbocycles. The highest BCUT2D eigenvalue weighted by molar-refractivity contribution is 4.85. The van der Waals surface area contributed by atoms with Crippen molar-refractivity contribution in [2.75, 3.05) is 13.1 Å². The van der Waals surface area contributed by atoms with E-state index < -0.39 is 0 Å². The van der Waals surface area contributed by atoms with E-state index in [-0.39, 0.29) is 6.23 Å². The van der Waals surface area contributed by atoms with E-state index >= 15 is 0 Å². The van der Waals surface area contributed by atoms with E-state index in [1.54, 1.807) is 0 Å². The second kappa shape index (κ2) is 3.32. The van der Waals surface area contributed by atoms with Crippen molar-refractivity contribution in [3.05, 3.63) is 0 Å². The van der Waals surface area contributed by atoms with Crippen LogP contribution in [0.3, 0.4) is 0 Å².